The van der Waals surface area contributed by atoms with Gasteiger partial charge in [0.15, 0.2) is 0 Å². The molecule has 1 aromatic carbocycles. The number of anilines is 1. The number of aromatic nitrogens is 2. The van der Waals surface area contributed by atoms with Crippen molar-refractivity contribution in [2.75, 3.05) is 11.4 Å². The van der Waals surface area contributed by atoms with E-state index in [0.29, 0.717) is 17.9 Å². The predicted molar refractivity (Wildman–Crippen MR) is 96.2 cm³/mol. The van der Waals surface area contributed by atoms with Crippen molar-refractivity contribution in [3.63, 3.8) is 0 Å². The summed E-state index contributed by atoms with van der Waals surface area (Å²) in [4.78, 5) is 15.5. The number of para-hydroxylation sites is 1. The van der Waals surface area contributed by atoms with Gasteiger partial charge in [-0.05, 0) is 55.7 Å². The van der Waals surface area contributed by atoms with Crippen molar-refractivity contribution in [2.24, 2.45) is 11.8 Å². The lowest BCUT2D eigenvalue weighted by atomic mass is 9.82. The van der Waals surface area contributed by atoms with Crippen LogP contribution in [-0.2, 0) is 11.2 Å². The van der Waals surface area contributed by atoms with Gasteiger partial charge in [0.05, 0.1) is 11.6 Å². The standard InChI is InChI=1S/C20H24N4O/c25-20(24-11-3-5-13-4-1-2-6-18(13)24)19-14-7-8-16(19)22-17(12-14)15-9-10-21-23-15/h1-2,4,6,9-10,14,16-17,19,22H,3,5,7-8,11-12H2,(H,21,23). The maximum atomic E-state index is 13.4. The van der Waals surface area contributed by atoms with Crippen LogP contribution in [-0.4, -0.2) is 28.7 Å². The Balaban J connectivity index is 1.39. The highest BCUT2D eigenvalue weighted by Crippen LogP contribution is 2.45. The zero-order valence-corrected chi connectivity index (χ0v) is 14.3. The average molecular weight is 336 g/mol. The largest absolute Gasteiger partial charge is 0.312 e. The van der Waals surface area contributed by atoms with E-state index in [0.717, 1.165) is 50.0 Å². The molecule has 1 amide bonds. The van der Waals surface area contributed by atoms with Gasteiger partial charge in [0, 0.05) is 30.5 Å². The second-order valence-electron chi connectivity index (χ2n) is 7.66. The Morgan fingerprint density at radius 2 is 2.12 bits per heavy atom. The van der Waals surface area contributed by atoms with E-state index in [9.17, 15) is 4.79 Å². The fraction of sp³-hybridized carbons (Fsp3) is 0.500. The van der Waals surface area contributed by atoms with E-state index in [-0.39, 0.29) is 12.0 Å². The van der Waals surface area contributed by atoms with Crippen LogP contribution in [0.4, 0.5) is 5.69 Å². The van der Waals surface area contributed by atoms with Gasteiger partial charge in [-0.2, -0.15) is 5.10 Å². The van der Waals surface area contributed by atoms with Crippen LogP contribution in [0, 0.1) is 11.8 Å². The van der Waals surface area contributed by atoms with Crippen LogP contribution in [0.3, 0.4) is 0 Å². The van der Waals surface area contributed by atoms with E-state index in [1.54, 1.807) is 6.20 Å². The molecular formula is C20H24N4O. The quantitative estimate of drug-likeness (QED) is 0.886. The first-order valence-corrected chi connectivity index (χ1v) is 9.46. The summed E-state index contributed by atoms with van der Waals surface area (Å²) in [5.74, 6) is 0.918. The van der Waals surface area contributed by atoms with Crippen LogP contribution in [0.1, 0.15) is 43.0 Å². The van der Waals surface area contributed by atoms with Crippen molar-refractivity contribution in [1.29, 1.82) is 0 Å². The molecule has 1 saturated heterocycles. The zero-order valence-electron chi connectivity index (χ0n) is 14.3. The number of benzene rings is 1. The van der Waals surface area contributed by atoms with Gasteiger partial charge in [0.2, 0.25) is 5.91 Å². The molecule has 4 unspecified atom stereocenters. The maximum Gasteiger partial charge on any atom is 0.231 e. The molecule has 2 aliphatic heterocycles. The Labute approximate surface area is 147 Å². The number of piperidine rings is 1. The number of hydrogen-bond acceptors (Lipinski definition) is 3. The molecule has 2 bridgehead atoms. The number of nitrogens with zero attached hydrogens (tertiary/aromatic N) is 2. The van der Waals surface area contributed by atoms with Crippen molar-refractivity contribution >= 4 is 11.6 Å². The zero-order chi connectivity index (χ0) is 16.8. The highest BCUT2D eigenvalue weighted by atomic mass is 16.2. The maximum absolute atomic E-state index is 13.4. The third kappa shape index (κ3) is 2.49. The molecule has 2 fully saturated rings. The second kappa shape index (κ2) is 5.99. The minimum atomic E-state index is 0.116. The molecule has 5 nitrogen and oxygen atoms in total. The first-order valence-electron chi connectivity index (χ1n) is 9.46. The van der Waals surface area contributed by atoms with Crippen LogP contribution < -0.4 is 10.2 Å². The number of nitrogens with one attached hydrogen (secondary N) is 2. The molecule has 0 radical (unpaired) electrons. The van der Waals surface area contributed by atoms with Crippen molar-refractivity contribution in [2.45, 2.75) is 44.2 Å². The molecule has 2 aromatic rings. The van der Waals surface area contributed by atoms with Gasteiger partial charge in [-0.3, -0.25) is 9.89 Å². The van der Waals surface area contributed by atoms with Gasteiger partial charge in [-0.25, -0.2) is 0 Å². The number of fused-ring (bicyclic) bond motifs is 3. The van der Waals surface area contributed by atoms with Crippen molar-refractivity contribution in [3.8, 4) is 0 Å². The fourth-order valence-corrected chi connectivity index (χ4v) is 5.16. The van der Waals surface area contributed by atoms with Crippen molar-refractivity contribution in [3.05, 3.63) is 47.8 Å². The highest BCUT2D eigenvalue weighted by Gasteiger charge is 2.48. The molecule has 130 valence electrons. The van der Waals surface area contributed by atoms with E-state index in [1.165, 1.54) is 5.56 Å². The summed E-state index contributed by atoms with van der Waals surface area (Å²) in [6.45, 7) is 0.857. The van der Waals surface area contributed by atoms with E-state index < -0.39 is 0 Å². The molecule has 3 heterocycles. The van der Waals surface area contributed by atoms with E-state index in [1.807, 2.05) is 12.1 Å². The molecular weight excluding hydrogens is 312 g/mol. The molecule has 2 N–H and O–H groups in total. The molecule has 4 atom stereocenters. The van der Waals surface area contributed by atoms with Crippen LogP contribution in [0.15, 0.2) is 36.5 Å². The normalized spacial score (nSPS) is 31.0. The van der Waals surface area contributed by atoms with E-state index in [4.69, 9.17) is 0 Å². The van der Waals surface area contributed by atoms with Crippen molar-refractivity contribution in [1.82, 2.24) is 15.5 Å². The third-order valence-electron chi connectivity index (χ3n) is 6.30. The van der Waals surface area contributed by atoms with Crippen LogP contribution in [0.2, 0.25) is 0 Å². The molecule has 3 aliphatic rings. The van der Waals surface area contributed by atoms with Gasteiger partial charge >= 0.3 is 0 Å². The Bertz CT molecular complexity index is 758. The van der Waals surface area contributed by atoms with Gasteiger partial charge in [-0.15, -0.1) is 0 Å². The average Bonchev–Trinajstić information content (AvgIpc) is 3.27. The Kier molecular flexibility index (Phi) is 3.63. The number of carbonyl (C=O) groups is 1. The predicted octanol–water partition coefficient (Wildman–Crippen LogP) is 2.82. The molecule has 5 heteroatoms. The Hall–Kier alpha value is -2.14. The number of aryl methyl sites for hydroxylation is 1. The topological polar surface area (TPSA) is 61.0 Å². The number of carbonyl (C=O) groups excluding carboxylic acids is 1. The van der Waals surface area contributed by atoms with Gasteiger partial charge in [-0.1, -0.05) is 18.2 Å². The summed E-state index contributed by atoms with van der Waals surface area (Å²) in [7, 11) is 0. The number of aromatic amines is 1. The van der Waals surface area contributed by atoms with Gasteiger partial charge in [0.1, 0.15) is 0 Å². The molecule has 1 saturated carbocycles. The molecule has 1 aliphatic carbocycles. The molecule has 25 heavy (non-hydrogen) atoms. The van der Waals surface area contributed by atoms with E-state index in [2.05, 4.69) is 38.6 Å². The van der Waals surface area contributed by atoms with Crippen LogP contribution in [0.5, 0.6) is 0 Å². The van der Waals surface area contributed by atoms with Crippen molar-refractivity contribution < 1.29 is 4.79 Å². The number of H-pyrrole nitrogens is 1. The number of hydrogen-bond donors (Lipinski definition) is 2. The summed E-state index contributed by atoms with van der Waals surface area (Å²) >= 11 is 0. The van der Waals surface area contributed by atoms with Gasteiger partial charge < -0.3 is 10.2 Å². The first kappa shape index (κ1) is 15.1. The Morgan fingerprint density at radius 3 is 2.96 bits per heavy atom. The first-order chi connectivity index (χ1) is 12.3. The summed E-state index contributed by atoms with van der Waals surface area (Å²) in [6.07, 6.45) is 7.22. The Morgan fingerprint density at radius 1 is 1.20 bits per heavy atom. The minimum Gasteiger partial charge on any atom is -0.312 e. The second-order valence-corrected chi connectivity index (χ2v) is 7.66. The minimum absolute atomic E-state index is 0.116. The summed E-state index contributed by atoms with van der Waals surface area (Å²) in [6, 6.07) is 11.0. The smallest absolute Gasteiger partial charge is 0.231 e. The van der Waals surface area contributed by atoms with Crippen LogP contribution >= 0.6 is 0 Å². The highest BCUT2D eigenvalue weighted by molar-refractivity contribution is 5.97. The SMILES string of the molecule is O=C(C1C2CCC1NC(c1ccn[nH]1)C2)N1CCCc2ccccc21. The van der Waals surface area contributed by atoms with Crippen LogP contribution in [0.25, 0.3) is 0 Å². The van der Waals surface area contributed by atoms with E-state index >= 15 is 0 Å². The monoisotopic (exact) mass is 336 g/mol. The molecule has 1 aromatic heterocycles. The third-order valence-corrected chi connectivity index (χ3v) is 6.30. The number of rotatable bonds is 2. The van der Waals surface area contributed by atoms with Gasteiger partial charge in [0.25, 0.3) is 0 Å². The summed E-state index contributed by atoms with van der Waals surface area (Å²) in [5.41, 5.74) is 3.59. The lowest BCUT2D eigenvalue weighted by Gasteiger charge is -2.39. The fourth-order valence-electron chi connectivity index (χ4n) is 5.16. The lowest BCUT2D eigenvalue weighted by molar-refractivity contribution is -0.125. The summed E-state index contributed by atoms with van der Waals surface area (Å²) in [5, 5.41) is 10.9. The number of amides is 1. The molecule has 0 spiro atoms. The lowest BCUT2D eigenvalue weighted by Crippen LogP contribution is -2.51. The summed E-state index contributed by atoms with van der Waals surface area (Å²) < 4.78 is 0. The molecule has 5 rings (SSSR count).